The summed E-state index contributed by atoms with van der Waals surface area (Å²) in [5.74, 6) is 0.386. The highest BCUT2D eigenvalue weighted by molar-refractivity contribution is 7.99. The Balaban J connectivity index is 1.98. The van der Waals surface area contributed by atoms with Crippen LogP contribution in [0.5, 0.6) is 0 Å². The Morgan fingerprint density at radius 1 is 1.41 bits per heavy atom. The minimum Gasteiger partial charge on any atom is -0.384 e. The molecular formula is C13H17FN2S. The Labute approximate surface area is 105 Å². The third kappa shape index (κ3) is 3.22. The predicted molar refractivity (Wildman–Crippen MR) is 71.0 cm³/mol. The van der Waals surface area contributed by atoms with Crippen LogP contribution in [0.4, 0.5) is 4.39 Å². The van der Waals surface area contributed by atoms with Gasteiger partial charge in [0.05, 0.1) is 0 Å². The second kappa shape index (κ2) is 5.54. The lowest BCUT2D eigenvalue weighted by Gasteiger charge is -2.09. The van der Waals surface area contributed by atoms with Gasteiger partial charge in [-0.25, -0.2) is 4.39 Å². The summed E-state index contributed by atoms with van der Waals surface area (Å²) in [6, 6.07) is 4.82. The minimum absolute atomic E-state index is 0.0844. The number of hydrogen-bond acceptors (Lipinski definition) is 2. The molecule has 2 nitrogen and oxygen atoms in total. The number of nitrogen functional groups attached to an aromatic ring is 1. The summed E-state index contributed by atoms with van der Waals surface area (Å²) in [6.07, 6.45) is 5.14. The predicted octanol–water partition coefficient (Wildman–Crippen LogP) is 3.29. The van der Waals surface area contributed by atoms with E-state index in [0.717, 1.165) is 0 Å². The van der Waals surface area contributed by atoms with E-state index in [9.17, 15) is 4.39 Å². The van der Waals surface area contributed by atoms with Crippen LogP contribution in [0.25, 0.3) is 0 Å². The second-order valence-corrected chi connectivity index (χ2v) is 5.73. The van der Waals surface area contributed by atoms with Crippen molar-refractivity contribution in [1.29, 1.82) is 5.41 Å². The zero-order valence-electron chi connectivity index (χ0n) is 9.71. The van der Waals surface area contributed by atoms with E-state index in [1.807, 2.05) is 11.8 Å². The highest BCUT2D eigenvalue weighted by atomic mass is 32.2. The largest absolute Gasteiger partial charge is 0.384 e. The molecule has 0 saturated heterocycles. The Hall–Kier alpha value is -1.03. The summed E-state index contributed by atoms with van der Waals surface area (Å²) in [6.45, 7) is 0. The van der Waals surface area contributed by atoms with Gasteiger partial charge in [-0.05, 0) is 24.5 Å². The first-order valence-electron chi connectivity index (χ1n) is 5.91. The molecule has 1 fully saturated rings. The van der Waals surface area contributed by atoms with E-state index in [2.05, 4.69) is 0 Å². The number of nitrogens with one attached hydrogen (secondary N) is 1. The molecule has 0 aliphatic heterocycles. The maximum Gasteiger partial charge on any atom is 0.127 e. The van der Waals surface area contributed by atoms with E-state index in [0.29, 0.717) is 22.1 Å². The summed E-state index contributed by atoms with van der Waals surface area (Å²) < 4.78 is 13.7. The molecule has 0 spiro atoms. The first-order valence-corrected chi connectivity index (χ1v) is 6.96. The quantitative estimate of drug-likeness (QED) is 0.638. The highest BCUT2D eigenvalue weighted by Crippen LogP contribution is 2.32. The molecule has 0 bridgehead atoms. The fourth-order valence-electron chi connectivity index (χ4n) is 2.09. The lowest BCUT2D eigenvalue weighted by Crippen LogP contribution is -2.11. The fourth-order valence-corrected chi connectivity index (χ4v) is 3.41. The summed E-state index contributed by atoms with van der Waals surface area (Å²) in [5.41, 5.74) is 6.49. The Morgan fingerprint density at radius 2 is 2.12 bits per heavy atom. The summed E-state index contributed by atoms with van der Waals surface area (Å²) in [5, 5.41) is 7.94. The van der Waals surface area contributed by atoms with Crippen molar-refractivity contribution in [2.45, 2.75) is 36.7 Å². The molecule has 1 aliphatic rings. The number of hydrogen-bond donors (Lipinski definition) is 2. The van der Waals surface area contributed by atoms with Crippen molar-refractivity contribution in [3.8, 4) is 0 Å². The average Bonchev–Trinajstić information content (AvgIpc) is 2.80. The van der Waals surface area contributed by atoms with Gasteiger partial charge in [-0.2, -0.15) is 11.8 Å². The van der Waals surface area contributed by atoms with Gasteiger partial charge in [-0.15, -0.1) is 0 Å². The third-order valence-corrected chi connectivity index (χ3v) is 4.56. The van der Waals surface area contributed by atoms with E-state index >= 15 is 0 Å². The maximum atomic E-state index is 13.7. The van der Waals surface area contributed by atoms with Gasteiger partial charge in [0.25, 0.3) is 0 Å². The first kappa shape index (κ1) is 12.4. The minimum atomic E-state index is -0.247. The molecule has 0 heterocycles. The van der Waals surface area contributed by atoms with Crippen LogP contribution in [-0.4, -0.2) is 11.1 Å². The molecule has 1 aliphatic carbocycles. The number of benzene rings is 1. The molecule has 0 unspecified atom stereocenters. The van der Waals surface area contributed by atoms with Gasteiger partial charge >= 0.3 is 0 Å². The van der Waals surface area contributed by atoms with Crippen molar-refractivity contribution in [2.75, 3.05) is 0 Å². The van der Waals surface area contributed by atoms with E-state index in [1.165, 1.54) is 31.7 Å². The highest BCUT2D eigenvalue weighted by Gasteiger charge is 2.16. The topological polar surface area (TPSA) is 49.9 Å². The van der Waals surface area contributed by atoms with E-state index in [-0.39, 0.29) is 11.7 Å². The van der Waals surface area contributed by atoms with E-state index in [1.54, 1.807) is 12.1 Å². The Morgan fingerprint density at radius 3 is 2.71 bits per heavy atom. The number of amidine groups is 1. The van der Waals surface area contributed by atoms with Gasteiger partial charge < -0.3 is 5.73 Å². The van der Waals surface area contributed by atoms with Crippen LogP contribution in [0.1, 0.15) is 36.8 Å². The average molecular weight is 252 g/mol. The van der Waals surface area contributed by atoms with Crippen LogP contribution in [0, 0.1) is 11.2 Å². The lowest BCUT2D eigenvalue weighted by molar-refractivity contribution is 0.617. The monoisotopic (exact) mass is 252 g/mol. The first-order chi connectivity index (χ1) is 8.16. The Bertz CT molecular complexity index is 414. The zero-order chi connectivity index (χ0) is 12.3. The molecule has 1 aromatic carbocycles. The van der Waals surface area contributed by atoms with Crippen molar-refractivity contribution in [3.63, 3.8) is 0 Å². The summed E-state index contributed by atoms with van der Waals surface area (Å²) in [7, 11) is 0. The third-order valence-electron chi connectivity index (χ3n) is 3.14. The Kier molecular flexibility index (Phi) is 4.05. The zero-order valence-corrected chi connectivity index (χ0v) is 10.5. The number of thioether (sulfide) groups is 1. The normalized spacial score (nSPS) is 16.3. The second-order valence-electron chi connectivity index (χ2n) is 4.44. The SMILES string of the molecule is N=C(N)c1ccc(CSC2CCCC2)c(F)c1. The summed E-state index contributed by atoms with van der Waals surface area (Å²) in [4.78, 5) is 0. The van der Waals surface area contributed by atoms with Gasteiger partial charge in [0.15, 0.2) is 0 Å². The molecule has 17 heavy (non-hydrogen) atoms. The fraction of sp³-hybridized carbons (Fsp3) is 0.462. The smallest absolute Gasteiger partial charge is 0.127 e. The van der Waals surface area contributed by atoms with Crippen molar-refractivity contribution in [2.24, 2.45) is 5.73 Å². The van der Waals surface area contributed by atoms with Gasteiger partial charge in [0.1, 0.15) is 11.7 Å². The molecule has 1 saturated carbocycles. The van der Waals surface area contributed by atoms with Crippen molar-refractivity contribution >= 4 is 17.6 Å². The van der Waals surface area contributed by atoms with Crippen LogP contribution < -0.4 is 5.73 Å². The van der Waals surface area contributed by atoms with Crippen LogP contribution >= 0.6 is 11.8 Å². The van der Waals surface area contributed by atoms with Crippen molar-refractivity contribution in [3.05, 3.63) is 35.1 Å². The molecule has 1 aromatic rings. The standard InChI is InChI=1S/C13H17FN2S/c14-12-7-9(13(15)16)5-6-10(12)8-17-11-3-1-2-4-11/h5-7,11H,1-4,8H2,(H3,15,16). The molecule has 0 amide bonds. The molecule has 3 N–H and O–H groups in total. The van der Waals surface area contributed by atoms with Gasteiger partial charge in [0, 0.05) is 16.6 Å². The maximum absolute atomic E-state index is 13.7. The van der Waals surface area contributed by atoms with Crippen LogP contribution in [-0.2, 0) is 5.75 Å². The molecule has 0 radical (unpaired) electrons. The summed E-state index contributed by atoms with van der Waals surface area (Å²) >= 11 is 1.84. The van der Waals surface area contributed by atoms with Crippen LogP contribution in [0.2, 0.25) is 0 Å². The van der Waals surface area contributed by atoms with Crippen LogP contribution in [0.15, 0.2) is 18.2 Å². The molecule has 0 aromatic heterocycles. The van der Waals surface area contributed by atoms with E-state index < -0.39 is 0 Å². The van der Waals surface area contributed by atoms with Gasteiger partial charge in [0.2, 0.25) is 0 Å². The molecule has 4 heteroatoms. The van der Waals surface area contributed by atoms with Gasteiger partial charge in [-0.3, -0.25) is 5.41 Å². The number of halogens is 1. The number of rotatable bonds is 4. The molecule has 2 rings (SSSR count). The van der Waals surface area contributed by atoms with Crippen molar-refractivity contribution in [1.82, 2.24) is 0 Å². The number of nitrogens with two attached hydrogens (primary N) is 1. The molecular weight excluding hydrogens is 235 g/mol. The van der Waals surface area contributed by atoms with Crippen LogP contribution in [0.3, 0.4) is 0 Å². The van der Waals surface area contributed by atoms with Crippen molar-refractivity contribution < 1.29 is 4.39 Å². The molecule has 92 valence electrons. The van der Waals surface area contributed by atoms with Gasteiger partial charge in [-0.1, -0.05) is 25.0 Å². The molecule has 0 atom stereocenters. The van der Waals surface area contributed by atoms with E-state index in [4.69, 9.17) is 11.1 Å². The lowest BCUT2D eigenvalue weighted by atomic mass is 10.1.